The third-order valence-corrected chi connectivity index (χ3v) is 3.50. The molecule has 1 aliphatic rings. The van der Waals surface area contributed by atoms with Crippen LogP contribution in [0.1, 0.15) is 21.6 Å². The quantitative estimate of drug-likeness (QED) is 0.789. The summed E-state index contributed by atoms with van der Waals surface area (Å²) in [5.41, 5.74) is 3.81. The molecule has 0 atom stereocenters. The highest BCUT2D eigenvalue weighted by atomic mass is 35.5. The maximum Gasteiger partial charge on any atom is 0.272 e. The number of fused-ring (bicyclic) bond motifs is 1. The largest absolute Gasteiger partial charge is 0.356 e. The first kappa shape index (κ1) is 12.3. The minimum Gasteiger partial charge on any atom is -0.356 e. The van der Waals surface area contributed by atoms with Crippen LogP contribution in [0.4, 0.5) is 5.69 Å². The average molecular weight is 276 g/mol. The smallest absolute Gasteiger partial charge is 0.272 e. The predicted octanol–water partition coefficient (Wildman–Crippen LogP) is 2.57. The average Bonchev–Trinajstić information content (AvgIpc) is 2.86. The Labute approximate surface area is 116 Å². The highest BCUT2D eigenvalue weighted by Gasteiger charge is 2.15. The lowest BCUT2D eigenvalue weighted by Gasteiger charge is -2.20. The summed E-state index contributed by atoms with van der Waals surface area (Å²) in [5, 5.41) is 6.80. The number of benzene rings is 1. The SMILES string of the molecule is O=C(Nc1cccc2c1CCNC2)c1cc(Cl)c[nH]1. The van der Waals surface area contributed by atoms with Crippen molar-refractivity contribution in [2.45, 2.75) is 13.0 Å². The fraction of sp³-hybridized carbons (Fsp3) is 0.214. The predicted molar refractivity (Wildman–Crippen MR) is 75.6 cm³/mol. The van der Waals surface area contributed by atoms with Crippen LogP contribution in [0.3, 0.4) is 0 Å². The van der Waals surface area contributed by atoms with Gasteiger partial charge in [0.1, 0.15) is 5.69 Å². The molecule has 3 N–H and O–H groups in total. The van der Waals surface area contributed by atoms with Gasteiger partial charge in [0.25, 0.3) is 5.91 Å². The van der Waals surface area contributed by atoms with E-state index in [-0.39, 0.29) is 5.91 Å². The summed E-state index contributed by atoms with van der Waals surface area (Å²) in [6.07, 6.45) is 2.53. The molecule has 2 heterocycles. The fourth-order valence-electron chi connectivity index (χ4n) is 2.34. The van der Waals surface area contributed by atoms with Gasteiger partial charge in [-0.25, -0.2) is 0 Å². The van der Waals surface area contributed by atoms with Crippen molar-refractivity contribution in [3.8, 4) is 0 Å². The molecule has 0 saturated carbocycles. The maximum atomic E-state index is 12.1. The molecule has 0 fully saturated rings. The van der Waals surface area contributed by atoms with Crippen LogP contribution >= 0.6 is 11.6 Å². The van der Waals surface area contributed by atoms with Crippen molar-refractivity contribution in [1.29, 1.82) is 0 Å². The van der Waals surface area contributed by atoms with Crippen LogP contribution in [-0.2, 0) is 13.0 Å². The number of carbonyl (C=O) groups is 1. The van der Waals surface area contributed by atoms with Gasteiger partial charge in [-0.2, -0.15) is 0 Å². The maximum absolute atomic E-state index is 12.1. The van der Waals surface area contributed by atoms with Crippen LogP contribution in [-0.4, -0.2) is 17.4 Å². The van der Waals surface area contributed by atoms with E-state index >= 15 is 0 Å². The molecule has 19 heavy (non-hydrogen) atoms. The minimum atomic E-state index is -0.168. The first-order chi connectivity index (χ1) is 9.24. The van der Waals surface area contributed by atoms with Crippen molar-refractivity contribution in [1.82, 2.24) is 10.3 Å². The Morgan fingerprint density at radius 2 is 2.26 bits per heavy atom. The molecule has 0 radical (unpaired) electrons. The first-order valence-corrected chi connectivity index (χ1v) is 6.58. The summed E-state index contributed by atoms with van der Waals surface area (Å²) in [6.45, 7) is 1.79. The molecule has 2 aromatic rings. The summed E-state index contributed by atoms with van der Waals surface area (Å²) in [7, 11) is 0. The van der Waals surface area contributed by atoms with Crippen molar-refractivity contribution < 1.29 is 4.79 Å². The van der Waals surface area contributed by atoms with E-state index in [9.17, 15) is 4.79 Å². The molecule has 0 unspecified atom stereocenters. The van der Waals surface area contributed by atoms with Crippen molar-refractivity contribution >= 4 is 23.2 Å². The lowest BCUT2D eigenvalue weighted by molar-refractivity contribution is 0.102. The van der Waals surface area contributed by atoms with E-state index in [4.69, 9.17) is 11.6 Å². The van der Waals surface area contributed by atoms with Crippen LogP contribution < -0.4 is 10.6 Å². The van der Waals surface area contributed by atoms with Gasteiger partial charge >= 0.3 is 0 Å². The van der Waals surface area contributed by atoms with E-state index in [1.807, 2.05) is 12.1 Å². The van der Waals surface area contributed by atoms with E-state index < -0.39 is 0 Å². The van der Waals surface area contributed by atoms with Crippen LogP contribution in [0.2, 0.25) is 5.02 Å². The van der Waals surface area contributed by atoms with Gasteiger partial charge in [0.05, 0.1) is 5.02 Å². The molecule has 1 aliphatic heterocycles. The molecule has 3 rings (SSSR count). The number of aromatic amines is 1. The highest BCUT2D eigenvalue weighted by molar-refractivity contribution is 6.31. The Morgan fingerprint density at radius 1 is 1.37 bits per heavy atom. The number of anilines is 1. The van der Waals surface area contributed by atoms with Crippen molar-refractivity contribution in [3.63, 3.8) is 0 Å². The number of hydrogen-bond donors (Lipinski definition) is 3. The zero-order valence-electron chi connectivity index (χ0n) is 10.3. The molecule has 1 amide bonds. The third kappa shape index (κ3) is 2.50. The van der Waals surface area contributed by atoms with Crippen molar-refractivity contribution in [2.75, 3.05) is 11.9 Å². The molecule has 0 bridgehead atoms. The highest BCUT2D eigenvalue weighted by Crippen LogP contribution is 2.23. The van der Waals surface area contributed by atoms with Crippen LogP contribution in [0.5, 0.6) is 0 Å². The van der Waals surface area contributed by atoms with Gasteiger partial charge in [0.15, 0.2) is 0 Å². The topological polar surface area (TPSA) is 56.9 Å². The molecule has 0 spiro atoms. The summed E-state index contributed by atoms with van der Waals surface area (Å²) in [5.74, 6) is -0.168. The monoisotopic (exact) mass is 275 g/mol. The molecular formula is C14H14ClN3O. The van der Waals surface area contributed by atoms with E-state index in [1.165, 1.54) is 11.1 Å². The first-order valence-electron chi connectivity index (χ1n) is 6.21. The summed E-state index contributed by atoms with van der Waals surface area (Å²) in [4.78, 5) is 14.9. The number of amides is 1. The Morgan fingerprint density at radius 3 is 3.05 bits per heavy atom. The Bertz CT molecular complexity index is 621. The van der Waals surface area contributed by atoms with Crippen LogP contribution in [0.15, 0.2) is 30.5 Å². The molecule has 1 aromatic heterocycles. The summed E-state index contributed by atoms with van der Waals surface area (Å²) >= 11 is 5.80. The van der Waals surface area contributed by atoms with Crippen LogP contribution in [0.25, 0.3) is 0 Å². The second-order valence-corrected chi connectivity index (χ2v) is 4.99. The fourth-order valence-corrected chi connectivity index (χ4v) is 2.50. The lowest BCUT2D eigenvalue weighted by atomic mass is 9.99. The van der Waals surface area contributed by atoms with E-state index in [0.29, 0.717) is 10.7 Å². The second kappa shape index (κ2) is 5.07. The van der Waals surface area contributed by atoms with E-state index in [2.05, 4.69) is 21.7 Å². The minimum absolute atomic E-state index is 0.168. The molecule has 5 heteroatoms. The molecule has 0 aliphatic carbocycles. The van der Waals surface area contributed by atoms with Crippen molar-refractivity contribution in [2.24, 2.45) is 0 Å². The van der Waals surface area contributed by atoms with Gasteiger partial charge in [0.2, 0.25) is 0 Å². The number of carbonyl (C=O) groups excluding carboxylic acids is 1. The number of aromatic nitrogens is 1. The zero-order valence-corrected chi connectivity index (χ0v) is 11.1. The number of rotatable bonds is 2. The van der Waals surface area contributed by atoms with Crippen molar-refractivity contribution in [3.05, 3.63) is 52.3 Å². The molecule has 98 valence electrons. The molecule has 4 nitrogen and oxygen atoms in total. The van der Waals surface area contributed by atoms with Gasteiger partial charge in [-0.05, 0) is 36.2 Å². The van der Waals surface area contributed by atoms with Gasteiger partial charge in [0, 0.05) is 18.4 Å². The van der Waals surface area contributed by atoms with Gasteiger partial charge in [-0.1, -0.05) is 23.7 Å². The van der Waals surface area contributed by atoms with E-state index in [1.54, 1.807) is 12.3 Å². The zero-order chi connectivity index (χ0) is 13.2. The molecular weight excluding hydrogens is 262 g/mol. The second-order valence-electron chi connectivity index (χ2n) is 4.56. The standard InChI is InChI=1S/C14H14ClN3O/c15-10-6-13(17-8-10)14(19)18-12-3-1-2-9-7-16-5-4-11(9)12/h1-3,6,8,16-17H,4-5,7H2,(H,18,19). The normalized spacial score (nSPS) is 13.9. The molecule has 0 saturated heterocycles. The van der Waals surface area contributed by atoms with Gasteiger partial charge in [-0.15, -0.1) is 0 Å². The number of H-pyrrole nitrogens is 1. The Balaban J connectivity index is 1.85. The number of hydrogen-bond acceptors (Lipinski definition) is 2. The number of nitrogens with one attached hydrogen (secondary N) is 3. The number of halogens is 1. The van der Waals surface area contributed by atoms with Gasteiger partial charge in [-0.3, -0.25) is 4.79 Å². The van der Waals surface area contributed by atoms with Crippen LogP contribution in [0, 0.1) is 0 Å². The van der Waals surface area contributed by atoms with E-state index in [0.717, 1.165) is 25.2 Å². The molecule has 1 aromatic carbocycles. The summed E-state index contributed by atoms with van der Waals surface area (Å²) < 4.78 is 0. The Kier molecular flexibility index (Phi) is 3.27. The van der Waals surface area contributed by atoms with Gasteiger partial charge < -0.3 is 15.6 Å². The lowest BCUT2D eigenvalue weighted by Crippen LogP contribution is -2.25. The third-order valence-electron chi connectivity index (χ3n) is 3.28. The Hall–Kier alpha value is -1.78. The summed E-state index contributed by atoms with van der Waals surface area (Å²) in [6, 6.07) is 7.60.